The number of likely N-dealkylation sites (tertiary alicyclic amines) is 1. The van der Waals surface area contributed by atoms with E-state index in [9.17, 15) is 34.3 Å². The standard InChI is InChI=1S/C40H38F5N3O3S/c1-51-22-21-46-19-17-32(18-20-46)47(24-27-9-11-28(12-10-27)29-13-15-31(16-14-29)40(43,44)45)37(50)25-48-35-8-3-2-6-33(35)36(49)23-38(48)52-26-30-5-4-7-34(41)39(30)42/h2-16,23,32H,17-22,24-26H2,1H3/i21D2,22D2,24D2. The Kier molecular flexibility index (Phi) is 9.48. The van der Waals surface area contributed by atoms with Gasteiger partial charge >= 0.3 is 6.18 Å². The average molecular weight is 742 g/mol. The number of aromatic nitrogens is 1. The van der Waals surface area contributed by atoms with Crippen LogP contribution in [0.25, 0.3) is 22.0 Å². The molecule has 1 aliphatic heterocycles. The number of hydrogen-bond donors (Lipinski definition) is 0. The van der Waals surface area contributed by atoms with Crippen molar-refractivity contribution in [3.8, 4) is 11.1 Å². The van der Waals surface area contributed by atoms with Gasteiger partial charge in [-0.2, -0.15) is 13.2 Å². The summed E-state index contributed by atoms with van der Waals surface area (Å²) in [5.41, 5.74) is 0.103. The maximum absolute atomic E-state index is 14.8. The van der Waals surface area contributed by atoms with Crippen LogP contribution < -0.4 is 5.43 Å². The fraction of sp³-hybridized carbons (Fsp3) is 0.300. The first-order valence-electron chi connectivity index (χ1n) is 19.3. The van der Waals surface area contributed by atoms with Gasteiger partial charge in [0.05, 0.1) is 28.1 Å². The Morgan fingerprint density at radius 2 is 1.62 bits per heavy atom. The van der Waals surface area contributed by atoms with Gasteiger partial charge in [-0.3, -0.25) is 9.59 Å². The summed E-state index contributed by atoms with van der Waals surface area (Å²) in [6, 6.07) is 21.0. The molecular formula is C40H38F5N3O3S. The summed E-state index contributed by atoms with van der Waals surface area (Å²) in [6.45, 7) is -8.45. The third kappa shape index (κ3) is 8.74. The summed E-state index contributed by atoms with van der Waals surface area (Å²) in [7, 11) is 1.05. The van der Waals surface area contributed by atoms with Gasteiger partial charge in [0.25, 0.3) is 0 Å². The minimum absolute atomic E-state index is 0.0191. The Labute approximate surface area is 311 Å². The van der Waals surface area contributed by atoms with E-state index in [0.717, 1.165) is 42.0 Å². The first-order valence-corrected chi connectivity index (χ1v) is 17.3. The second-order valence-corrected chi connectivity index (χ2v) is 13.1. The highest BCUT2D eigenvalue weighted by Crippen LogP contribution is 2.32. The van der Waals surface area contributed by atoms with Gasteiger partial charge in [-0.25, -0.2) is 8.78 Å². The van der Waals surface area contributed by atoms with Crippen LogP contribution in [0.5, 0.6) is 0 Å². The Morgan fingerprint density at radius 3 is 2.29 bits per heavy atom. The highest BCUT2D eigenvalue weighted by molar-refractivity contribution is 7.98. The van der Waals surface area contributed by atoms with E-state index >= 15 is 0 Å². The third-order valence-electron chi connectivity index (χ3n) is 8.77. The summed E-state index contributed by atoms with van der Waals surface area (Å²) < 4.78 is 127. The molecule has 1 saturated heterocycles. The van der Waals surface area contributed by atoms with Gasteiger partial charge in [0.1, 0.15) is 6.54 Å². The van der Waals surface area contributed by atoms with Crippen LogP contribution >= 0.6 is 11.8 Å². The lowest BCUT2D eigenvalue weighted by atomic mass is 10.00. The molecule has 1 aromatic heterocycles. The van der Waals surface area contributed by atoms with Gasteiger partial charge in [-0.15, -0.1) is 11.8 Å². The largest absolute Gasteiger partial charge is 0.416 e. The monoisotopic (exact) mass is 741 g/mol. The van der Waals surface area contributed by atoms with Crippen LogP contribution in [0.2, 0.25) is 0 Å². The van der Waals surface area contributed by atoms with Crippen LogP contribution in [0.1, 0.15) is 37.8 Å². The number of fused-ring (bicyclic) bond motifs is 1. The molecule has 0 bridgehead atoms. The molecular weight excluding hydrogens is 698 g/mol. The number of thioether (sulfide) groups is 1. The van der Waals surface area contributed by atoms with Gasteiger partial charge in [0.15, 0.2) is 17.1 Å². The topological polar surface area (TPSA) is 54.8 Å². The second kappa shape index (κ2) is 16.4. The number of hydrogen-bond acceptors (Lipinski definition) is 5. The van der Waals surface area contributed by atoms with Gasteiger partial charge in [0, 0.05) is 64.7 Å². The number of amides is 1. The lowest BCUT2D eigenvalue weighted by molar-refractivity contribution is -0.137. The maximum Gasteiger partial charge on any atom is 0.416 e. The summed E-state index contributed by atoms with van der Waals surface area (Å²) in [4.78, 5) is 30.3. The summed E-state index contributed by atoms with van der Waals surface area (Å²) in [5.74, 6) is -2.95. The van der Waals surface area contributed by atoms with E-state index in [-0.39, 0.29) is 58.7 Å². The van der Waals surface area contributed by atoms with Crippen molar-refractivity contribution in [3.63, 3.8) is 0 Å². The normalized spacial score (nSPS) is 16.7. The van der Waals surface area contributed by atoms with Crippen LogP contribution in [0.4, 0.5) is 22.0 Å². The zero-order valence-corrected chi connectivity index (χ0v) is 28.7. The van der Waals surface area contributed by atoms with E-state index in [1.54, 1.807) is 24.3 Å². The van der Waals surface area contributed by atoms with Crippen LogP contribution in [-0.4, -0.2) is 59.6 Å². The van der Waals surface area contributed by atoms with Crippen molar-refractivity contribution >= 4 is 28.6 Å². The summed E-state index contributed by atoms with van der Waals surface area (Å²) >= 11 is 0.988. The molecule has 0 N–H and O–H groups in total. The van der Waals surface area contributed by atoms with Crippen molar-refractivity contribution < 1.29 is 39.7 Å². The number of carbonyl (C=O) groups excluding carboxylic acids is 1. The zero-order chi connectivity index (χ0) is 42.2. The van der Waals surface area contributed by atoms with Crippen molar-refractivity contribution in [3.05, 3.63) is 136 Å². The van der Waals surface area contributed by atoms with Crippen LogP contribution in [0.15, 0.2) is 107 Å². The van der Waals surface area contributed by atoms with Gasteiger partial charge in [0.2, 0.25) is 5.91 Å². The minimum Gasteiger partial charge on any atom is -0.383 e. The van der Waals surface area contributed by atoms with Crippen LogP contribution in [0, 0.1) is 11.6 Å². The molecule has 0 spiro atoms. The van der Waals surface area contributed by atoms with E-state index in [2.05, 4.69) is 0 Å². The molecule has 272 valence electrons. The predicted octanol–water partition coefficient (Wildman–Crippen LogP) is 8.40. The van der Waals surface area contributed by atoms with Gasteiger partial charge in [-0.1, -0.05) is 60.7 Å². The third-order valence-corrected chi connectivity index (χ3v) is 9.85. The van der Waals surface area contributed by atoms with E-state index in [1.807, 2.05) is 0 Å². The molecule has 6 nitrogen and oxygen atoms in total. The molecule has 1 fully saturated rings. The number of carbonyl (C=O) groups is 1. The first kappa shape index (κ1) is 30.0. The van der Waals surface area contributed by atoms with Crippen molar-refractivity contribution in [1.82, 2.24) is 14.4 Å². The van der Waals surface area contributed by atoms with E-state index < -0.39 is 61.4 Å². The Bertz CT molecular complexity index is 2340. The quantitative estimate of drug-likeness (QED) is 0.0951. The average Bonchev–Trinajstić information content (AvgIpc) is 3.19. The van der Waals surface area contributed by atoms with Crippen LogP contribution in [0.3, 0.4) is 0 Å². The van der Waals surface area contributed by atoms with Gasteiger partial charge < -0.3 is 19.1 Å². The molecule has 6 rings (SSSR count). The number of alkyl halides is 3. The van der Waals surface area contributed by atoms with Crippen molar-refractivity contribution in [2.75, 3.05) is 33.3 Å². The number of nitrogens with zero attached hydrogens (tertiary/aromatic N) is 3. The Morgan fingerprint density at radius 1 is 0.942 bits per heavy atom. The Hall–Kier alpha value is -4.52. The van der Waals surface area contributed by atoms with Crippen LogP contribution in [-0.2, 0) is 34.5 Å². The molecule has 52 heavy (non-hydrogen) atoms. The number of benzene rings is 4. The number of pyridine rings is 1. The number of para-hydroxylation sites is 1. The molecule has 12 heteroatoms. The SMILES string of the molecule is [2H]C([2H])(c1ccc(-c2ccc(C(F)(F)F)cc2)cc1)N(C(=O)Cn1c(SCc2cccc(F)c2F)cc(=O)c2ccccc21)C1CCN(C([2H])([2H])C([2H])([2H])OC)CC1. The molecule has 2 heterocycles. The molecule has 5 aromatic rings. The molecule has 0 saturated carbocycles. The molecule has 0 aliphatic carbocycles. The van der Waals surface area contributed by atoms with Crippen molar-refractivity contribution in [2.24, 2.45) is 0 Å². The molecule has 1 amide bonds. The fourth-order valence-corrected chi connectivity index (χ4v) is 7.08. The summed E-state index contributed by atoms with van der Waals surface area (Å²) in [6.07, 6.45) is -4.47. The Balaban J connectivity index is 1.37. The van der Waals surface area contributed by atoms with Crippen molar-refractivity contribution in [1.29, 1.82) is 0 Å². The van der Waals surface area contributed by atoms with Gasteiger partial charge in [-0.05, 0) is 59.9 Å². The predicted molar refractivity (Wildman–Crippen MR) is 193 cm³/mol. The summed E-state index contributed by atoms with van der Waals surface area (Å²) in [5, 5.41) is 0.486. The second-order valence-electron chi connectivity index (χ2n) is 12.1. The molecule has 0 unspecified atom stereocenters. The van der Waals surface area contributed by atoms with E-state index in [1.165, 1.54) is 64.1 Å². The lowest BCUT2D eigenvalue weighted by Crippen LogP contribution is -2.48. The van der Waals surface area contributed by atoms with E-state index in [0.29, 0.717) is 16.6 Å². The fourth-order valence-electron chi connectivity index (χ4n) is 6.04. The molecule has 1 aliphatic rings. The van der Waals surface area contributed by atoms with E-state index in [4.69, 9.17) is 10.2 Å². The zero-order valence-electron chi connectivity index (χ0n) is 33.9. The first-order chi connectivity index (χ1) is 27.3. The number of methoxy groups -OCH3 is 1. The highest BCUT2D eigenvalue weighted by atomic mass is 32.2. The smallest absolute Gasteiger partial charge is 0.383 e. The number of halogens is 5. The highest BCUT2D eigenvalue weighted by Gasteiger charge is 2.31. The maximum atomic E-state index is 14.8. The molecule has 4 aromatic carbocycles. The molecule has 0 radical (unpaired) electrons. The number of piperidine rings is 1. The van der Waals surface area contributed by atoms with Crippen molar-refractivity contribution in [2.45, 2.75) is 48.9 Å². The number of ether oxygens (including phenoxy) is 1. The minimum atomic E-state index is -4.52. The number of rotatable bonds is 12. The molecule has 0 atom stereocenters. The lowest BCUT2D eigenvalue weighted by Gasteiger charge is -2.39.